The zero-order chi connectivity index (χ0) is 19.3. The van der Waals surface area contributed by atoms with Gasteiger partial charge >= 0.3 is 6.03 Å². The van der Waals surface area contributed by atoms with Gasteiger partial charge < -0.3 is 10.6 Å². The van der Waals surface area contributed by atoms with Crippen LogP contribution >= 0.6 is 22.6 Å². The van der Waals surface area contributed by atoms with Gasteiger partial charge in [0.15, 0.2) is 0 Å². The molecule has 2 N–H and O–H groups in total. The topological polar surface area (TPSA) is 88.2 Å². The van der Waals surface area contributed by atoms with Gasteiger partial charge in [-0.05, 0) is 82.8 Å². The highest BCUT2D eigenvalue weighted by Crippen LogP contribution is 2.23. The van der Waals surface area contributed by atoms with Crippen molar-refractivity contribution in [3.05, 3.63) is 82.2 Å². The first-order valence-corrected chi connectivity index (χ1v) is 10.6. The van der Waals surface area contributed by atoms with E-state index in [1.807, 2.05) is 18.2 Å². The van der Waals surface area contributed by atoms with Gasteiger partial charge in [0.1, 0.15) is 0 Å². The summed E-state index contributed by atoms with van der Waals surface area (Å²) in [5.74, 6) is 0. The summed E-state index contributed by atoms with van der Waals surface area (Å²) in [5.41, 5.74) is 1.43. The monoisotopic (exact) mass is 493 g/mol. The number of hydrogen-bond donors (Lipinski definition) is 2. The molecule has 0 unspecified atom stereocenters. The molecule has 0 atom stereocenters. The summed E-state index contributed by atoms with van der Waals surface area (Å²) in [5, 5.41) is 5.41. The van der Waals surface area contributed by atoms with Crippen LogP contribution in [0.15, 0.2) is 82.8 Å². The number of carbonyl (C=O) groups is 1. The number of benzene rings is 2. The molecule has 0 radical (unpaired) electrons. The molecule has 2 aromatic carbocycles. The number of nitrogens with one attached hydrogen (secondary N) is 2. The minimum atomic E-state index is -3.59. The number of anilines is 1. The molecule has 3 rings (SSSR count). The Morgan fingerprint density at radius 1 is 0.963 bits per heavy atom. The lowest BCUT2D eigenvalue weighted by molar-refractivity contribution is 0.251. The Bertz CT molecular complexity index is 1040. The van der Waals surface area contributed by atoms with Gasteiger partial charge in [0, 0.05) is 28.2 Å². The number of pyridine rings is 1. The second kappa shape index (κ2) is 8.49. The fraction of sp³-hybridized carbons (Fsp3) is 0.0526. The molecule has 0 aliphatic heterocycles. The second-order valence-electron chi connectivity index (χ2n) is 5.65. The van der Waals surface area contributed by atoms with E-state index in [1.165, 1.54) is 12.1 Å². The van der Waals surface area contributed by atoms with Crippen LogP contribution in [-0.4, -0.2) is 19.4 Å². The fourth-order valence-electron chi connectivity index (χ4n) is 2.35. The zero-order valence-corrected chi connectivity index (χ0v) is 17.1. The van der Waals surface area contributed by atoms with Crippen LogP contribution in [0.5, 0.6) is 0 Å². The largest absolute Gasteiger partial charge is 0.334 e. The number of aromatic nitrogens is 1. The molecule has 3 aromatic rings. The molecule has 138 valence electrons. The number of halogens is 1. The fourth-order valence-corrected chi connectivity index (χ4v) is 4.41. The van der Waals surface area contributed by atoms with Crippen LogP contribution in [-0.2, 0) is 16.4 Å². The molecule has 0 bridgehead atoms. The quantitative estimate of drug-likeness (QED) is 0.529. The number of rotatable bonds is 5. The number of amides is 2. The van der Waals surface area contributed by atoms with E-state index in [4.69, 9.17) is 0 Å². The third-order valence-corrected chi connectivity index (χ3v) is 6.17. The first-order chi connectivity index (χ1) is 12.9. The van der Waals surface area contributed by atoms with Crippen molar-refractivity contribution in [3.8, 4) is 0 Å². The van der Waals surface area contributed by atoms with E-state index in [1.54, 1.807) is 42.7 Å². The lowest BCUT2D eigenvalue weighted by Gasteiger charge is -2.09. The van der Waals surface area contributed by atoms with Crippen molar-refractivity contribution >= 4 is 44.1 Å². The van der Waals surface area contributed by atoms with E-state index in [2.05, 4.69) is 38.2 Å². The lowest BCUT2D eigenvalue weighted by atomic mass is 10.3. The smallest absolute Gasteiger partial charge is 0.319 e. The van der Waals surface area contributed by atoms with Crippen LogP contribution in [0.3, 0.4) is 0 Å². The minimum Gasteiger partial charge on any atom is -0.334 e. The summed E-state index contributed by atoms with van der Waals surface area (Å²) >= 11 is 2.07. The van der Waals surface area contributed by atoms with Gasteiger partial charge in [-0.15, -0.1) is 0 Å². The molecule has 0 aliphatic carbocycles. The normalized spacial score (nSPS) is 11.0. The SMILES string of the molecule is O=C(NCc1ccncc1)Nc1ccc(S(=O)(=O)c2cccc(I)c2)cc1. The Balaban J connectivity index is 1.65. The maximum atomic E-state index is 12.7. The van der Waals surface area contributed by atoms with Crippen molar-refractivity contribution in [2.45, 2.75) is 16.3 Å². The third-order valence-electron chi connectivity index (χ3n) is 3.73. The van der Waals surface area contributed by atoms with Gasteiger partial charge in [-0.3, -0.25) is 4.98 Å². The predicted molar refractivity (Wildman–Crippen MR) is 111 cm³/mol. The first-order valence-electron chi connectivity index (χ1n) is 7.99. The van der Waals surface area contributed by atoms with E-state index in [9.17, 15) is 13.2 Å². The minimum absolute atomic E-state index is 0.173. The van der Waals surface area contributed by atoms with Crippen molar-refractivity contribution in [2.24, 2.45) is 0 Å². The van der Waals surface area contributed by atoms with Crippen LogP contribution < -0.4 is 10.6 Å². The van der Waals surface area contributed by atoms with Crippen LogP contribution in [0.25, 0.3) is 0 Å². The van der Waals surface area contributed by atoms with E-state index in [-0.39, 0.29) is 15.8 Å². The Labute approximate surface area is 171 Å². The third kappa shape index (κ3) is 5.04. The van der Waals surface area contributed by atoms with Gasteiger partial charge in [0.25, 0.3) is 0 Å². The number of carbonyl (C=O) groups excluding carboxylic acids is 1. The number of hydrogen-bond acceptors (Lipinski definition) is 4. The molecule has 0 saturated heterocycles. The summed E-state index contributed by atoms with van der Waals surface area (Å²) in [7, 11) is -3.59. The molecule has 1 aromatic heterocycles. The molecule has 0 aliphatic rings. The molecule has 27 heavy (non-hydrogen) atoms. The molecular formula is C19H16IN3O3S. The van der Waals surface area contributed by atoms with Crippen molar-refractivity contribution in [3.63, 3.8) is 0 Å². The Kier molecular flexibility index (Phi) is 6.07. The van der Waals surface area contributed by atoms with Crippen molar-refractivity contribution in [1.29, 1.82) is 0 Å². The van der Waals surface area contributed by atoms with Crippen molar-refractivity contribution in [2.75, 3.05) is 5.32 Å². The summed E-state index contributed by atoms with van der Waals surface area (Å²) in [6.07, 6.45) is 3.31. The lowest BCUT2D eigenvalue weighted by Crippen LogP contribution is -2.28. The highest BCUT2D eigenvalue weighted by atomic mass is 127. The van der Waals surface area contributed by atoms with Crippen LogP contribution in [0.4, 0.5) is 10.5 Å². The maximum Gasteiger partial charge on any atom is 0.319 e. The number of urea groups is 1. The van der Waals surface area contributed by atoms with Gasteiger partial charge in [-0.25, -0.2) is 13.2 Å². The van der Waals surface area contributed by atoms with Gasteiger partial charge in [-0.1, -0.05) is 6.07 Å². The molecule has 0 spiro atoms. The molecule has 0 saturated carbocycles. The number of nitrogens with zero attached hydrogens (tertiary/aromatic N) is 1. The first kappa shape index (κ1) is 19.3. The molecular weight excluding hydrogens is 477 g/mol. The molecule has 0 fully saturated rings. The summed E-state index contributed by atoms with van der Waals surface area (Å²) in [6.45, 7) is 0.369. The van der Waals surface area contributed by atoms with Crippen LogP contribution in [0.2, 0.25) is 0 Å². The Morgan fingerprint density at radius 3 is 2.33 bits per heavy atom. The standard InChI is InChI=1S/C19H16IN3O3S/c20-15-2-1-3-18(12-15)27(25,26)17-6-4-16(5-7-17)23-19(24)22-13-14-8-10-21-11-9-14/h1-12H,13H2,(H2,22,23,24). The summed E-state index contributed by atoms with van der Waals surface area (Å²) in [6, 6.07) is 16.1. The molecule has 2 amide bonds. The van der Waals surface area contributed by atoms with E-state index < -0.39 is 9.84 Å². The van der Waals surface area contributed by atoms with E-state index >= 15 is 0 Å². The van der Waals surface area contributed by atoms with Gasteiger partial charge in [0.2, 0.25) is 9.84 Å². The van der Waals surface area contributed by atoms with Crippen LogP contribution in [0, 0.1) is 3.57 Å². The predicted octanol–water partition coefficient (Wildman–Crippen LogP) is 3.84. The average molecular weight is 493 g/mol. The van der Waals surface area contributed by atoms with Gasteiger partial charge in [0.05, 0.1) is 9.79 Å². The summed E-state index contributed by atoms with van der Waals surface area (Å²) < 4.78 is 26.2. The van der Waals surface area contributed by atoms with Crippen LogP contribution in [0.1, 0.15) is 5.56 Å². The second-order valence-corrected chi connectivity index (χ2v) is 8.84. The van der Waals surface area contributed by atoms with Crippen molar-refractivity contribution < 1.29 is 13.2 Å². The number of sulfone groups is 1. The molecule has 6 nitrogen and oxygen atoms in total. The maximum absolute atomic E-state index is 12.7. The zero-order valence-electron chi connectivity index (χ0n) is 14.1. The van der Waals surface area contributed by atoms with Crippen molar-refractivity contribution in [1.82, 2.24) is 10.3 Å². The average Bonchev–Trinajstić information content (AvgIpc) is 2.68. The van der Waals surface area contributed by atoms with E-state index in [0.717, 1.165) is 9.13 Å². The van der Waals surface area contributed by atoms with E-state index in [0.29, 0.717) is 12.2 Å². The molecule has 1 heterocycles. The van der Waals surface area contributed by atoms with Gasteiger partial charge in [-0.2, -0.15) is 0 Å². The Hall–Kier alpha value is -2.46. The molecule has 8 heteroatoms. The highest BCUT2D eigenvalue weighted by Gasteiger charge is 2.17. The summed E-state index contributed by atoms with van der Waals surface area (Å²) in [4.78, 5) is 16.3. The highest BCUT2D eigenvalue weighted by molar-refractivity contribution is 14.1. The Morgan fingerprint density at radius 2 is 1.67 bits per heavy atom.